The Morgan fingerprint density at radius 1 is 0.955 bits per heavy atom. The molecule has 0 aliphatic rings. The van der Waals surface area contributed by atoms with Crippen molar-refractivity contribution in [3.8, 4) is 11.8 Å². The van der Waals surface area contributed by atoms with Gasteiger partial charge in [0, 0.05) is 11.1 Å². The second-order valence-corrected chi connectivity index (χ2v) is 5.43. The summed E-state index contributed by atoms with van der Waals surface area (Å²) in [5, 5.41) is 0. The van der Waals surface area contributed by atoms with E-state index in [2.05, 4.69) is 37.8 Å². The van der Waals surface area contributed by atoms with E-state index in [1.807, 2.05) is 36.4 Å². The summed E-state index contributed by atoms with van der Waals surface area (Å²) in [6.45, 7) is 4.12. The number of hydrogen-bond donors (Lipinski definition) is 0. The van der Waals surface area contributed by atoms with Gasteiger partial charge in [-0.1, -0.05) is 55.0 Å². The van der Waals surface area contributed by atoms with E-state index in [1.165, 1.54) is 5.56 Å². The van der Waals surface area contributed by atoms with Gasteiger partial charge in [0.25, 0.3) is 0 Å². The van der Waals surface area contributed by atoms with Gasteiger partial charge in [-0.05, 0) is 55.7 Å². The zero-order valence-corrected chi connectivity index (χ0v) is 13.2. The van der Waals surface area contributed by atoms with Crippen LogP contribution in [0.3, 0.4) is 0 Å². The maximum Gasteiger partial charge on any atom is 0.101 e. The highest BCUT2D eigenvalue weighted by molar-refractivity contribution is 5.53. The maximum absolute atomic E-state index is 13.6. The molecule has 2 aromatic carbocycles. The molecule has 2 rings (SSSR count). The highest BCUT2D eigenvalue weighted by Crippen LogP contribution is 2.14. The van der Waals surface area contributed by atoms with E-state index < -0.39 is 0 Å². The number of benzene rings is 2. The Morgan fingerprint density at radius 3 is 2.05 bits per heavy atom. The minimum atomic E-state index is -0.0552. The smallest absolute Gasteiger partial charge is 0.101 e. The van der Waals surface area contributed by atoms with Crippen LogP contribution in [-0.2, 0) is 0 Å². The molecule has 0 saturated carbocycles. The van der Waals surface area contributed by atoms with Crippen LogP contribution < -0.4 is 0 Å². The van der Waals surface area contributed by atoms with E-state index in [1.54, 1.807) is 6.08 Å². The monoisotopic (exact) mass is 292 g/mol. The van der Waals surface area contributed by atoms with Crippen LogP contribution in [0.5, 0.6) is 0 Å². The fourth-order valence-electron chi connectivity index (χ4n) is 2.04. The van der Waals surface area contributed by atoms with Gasteiger partial charge in [0.15, 0.2) is 0 Å². The average molecular weight is 292 g/mol. The molecular weight excluding hydrogens is 271 g/mol. The van der Waals surface area contributed by atoms with Crippen LogP contribution in [0.1, 0.15) is 48.4 Å². The zero-order valence-electron chi connectivity index (χ0n) is 13.2. The number of aryl methyl sites for hydroxylation is 1. The number of allylic oxidation sites excluding steroid dienone is 1. The van der Waals surface area contributed by atoms with Gasteiger partial charge in [-0.2, -0.15) is 0 Å². The van der Waals surface area contributed by atoms with Crippen molar-refractivity contribution in [2.24, 2.45) is 0 Å². The van der Waals surface area contributed by atoms with Crippen molar-refractivity contribution in [3.05, 3.63) is 76.6 Å². The Hall–Kier alpha value is -2.33. The molecule has 0 N–H and O–H groups in total. The second kappa shape index (κ2) is 8.20. The molecular formula is C21H21F. The molecule has 112 valence electrons. The van der Waals surface area contributed by atoms with Crippen LogP contribution in [0.25, 0.3) is 6.08 Å². The lowest BCUT2D eigenvalue weighted by Crippen LogP contribution is -1.80. The number of unbranched alkanes of at least 4 members (excludes halogenated alkanes) is 1. The molecule has 0 nitrogen and oxygen atoms in total. The van der Waals surface area contributed by atoms with E-state index in [0.29, 0.717) is 6.42 Å². The summed E-state index contributed by atoms with van der Waals surface area (Å²) in [6, 6.07) is 15.8. The molecule has 0 amide bonds. The van der Waals surface area contributed by atoms with Gasteiger partial charge in [-0.25, -0.2) is 4.39 Å². The largest absolute Gasteiger partial charge is 0.212 e. The highest BCUT2D eigenvalue weighted by atomic mass is 19.1. The molecule has 0 heterocycles. The van der Waals surface area contributed by atoms with E-state index in [-0.39, 0.29) is 5.83 Å². The average Bonchev–Trinajstić information content (AvgIpc) is 2.54. The molecule has 0 aliphatic carbocycles. The lowest BCUT2D eigenvalue weighted by atomic mass is 10.1. The van der Waals surface area contributed by atoms with Crippen LogP contribution in [0.4, 0.5) is 4.39 Å². The van der Waals surface area contributed by atoms with Crippen LogP contribution in [0.2, 0.25) is 0 Å². The van der Waals surface area contributed by atoms with Crippen LogP contribution in [0, 0.1) is 18.8 Å². The molecule has 0 fully saturated rings. The van der Waals surface area contributed by atoms with Gasteiger partial charge >= 0.3 is 0 Å². The summed E-state index contributed by atoms with van der Waals surface area (Å²) >= 11 is 0. The lowest BCUT2D eigenvalue weighted by molar-refractivity contribution is 0.577. The Bertz CT molecular complexity index is 679. The summed E-state index contributed by atoms with van der Waals surface area (Å²) in [6.07, 6.45) is 4.02. The normalized spacial score (nSPS) is 11.0. The molecule has 0 spiro atoms. The van der Waals surface area contributed by atoms with Gasteiger partial charge in [0.05, 0.1) is 0 Å². The van der Waals surface area contributed by atoms with Crippen molar-refractivity contribution >= 4 is 6.08 Å². The third-order valence-electron chi connectivity index (χ3n) is 3.41. The first-order chi connectivity index (χ1) is 10.7. The molecule has 0 aromatic heterocycles. The fraction of sp³-hybridized carbons (Fsp3) is 0.238. The maximum atomic E-state index is 13.6. The van der Waals surface area contributed by atoms with Crippen molar-refractivity contribution in [1.29, 1.82) is 0 Å². The topological polar surface area (TPSA) is 0 Å². The standard InChI is InChI=1S/C21H21F/c1-3-4-5-21(22)16-20-14-12-19(13-15-20)11-10-18-8-6-17(2)7-9-18/h6-9,12-16H,3-5H2,1-2H3/b21-16+. The molecule has 0 radical (unpaired) electrons. The summed E-state index contributed by atoms with van der Waals surface area (Å²) in [5.41, 5.74) is 4.05. The van der Waals surface area contributed by atoms with Crippen molar-refractivity contribution in [3.63, 3.8) is 0 Å². The summed E-state index contributed by atoms with van der Waals surface area (Å²) < 4.78 is 13.6. The second-order valence-electron chi connectivity index (χ2n) is 5.43. The molecule has 0 bridgehead atoms. The van der Waals surface area contributed by atoms with Crippen molar-refractivity contribution in [2.75, 3.05) is 0 Å². The minimum absolute atomic E-state index is 0.0552. The van der Waals surface area contributed by atoms with Gasteiger partial charge in [-0.15, -0.1) is 0 Å². The lowest BCUT2D eigenvalue weighted by Gasteiger charge is -1.98. The molecule has 0 saturated heterocycles. The molecule has 22 heavy (non-hydrogen) atoms. The van der Waals surface area contributed by atoms with Crippen LogP contribution >= 0.6 is 0 Å². The first kappa shape index (κ1) is 16.0. The third-order valence-corrected chi connectivity index (χ3v) is 3.41. The quantitative estimate of drug-likeness (QED) is 0.616. The van der Waals surface area contributed by atoms with Crippen LogP contribution in [0.15, 0.2) is 54.4 Å². The first-order valence-electron chi connectivity index (χ1n) is 7.72. The summed E-state index contributed by atoms with van der Waals surface area (Å²) in [5.74, 6) is 6.21. The molecule has 0 aliphatic heterocycles. The number of rotatable bonds is 4. The highest BCUT2D eigenvalue weighted by Gasteiger charge is 1.96. The van der Waals surface area contributed by atoms with E-state index >= 15 is 0 Å². The van der Waals surface area contributed by atoms with E-state index in [9.17, 15) is 4.39 Å². The molecule has 0 unspecified atom stereocenters. The molecule has 1 heteroatoms. The zero-order chi connectivity index (χ0) is 15.8. The van der Waals surface area contributed by atoms with E-state index in [4.69, 9.17) is 0 Å². The Balaban J connectivity index is 2.05. The molecule has 2 aromatic rings. The predicted octanol–water partition coefficient (Wildman–Crippen LogP) is 5.90. The summed E-state index contributed by atoms with van der Waals surface area (Å²) in [4.78, 5) is 0. The molecule has 0 atom stereocenters. The van der Waals surface area contributed by atoms with Crippen molar-refractivity contribution < 1.29 is 4.39 Å². The van der Waals surface area contributed by atoms with Crippen molar-refractivity contribution in [1.82, 2.24) is 0 Å². The fourth-order valence-corrected chi connectivity index (χ4v) is 2.04. The van der Waals surface area contributed by atoms with Gasteiger partial charge in [-0.3, -0.25) is 0 Å². The first-order valence-corrected chi connectivity index (χ1v) is 7.72. The SMILES string of the molecule is CCCC/C(F)=C\c1ccc(C#Cc2ccc(C)cc2)cc1. The Labute approximate surface area is 132 Å². The Morgan fingerprint density at radius 2 is 1.50 bits per heavy atom. The minimum Gasteiger partial charge on any atom is -0.212 e. The number of hydrogen-bond acceptors (Lipinski definition) is 0. The van der Waals surface area contributed by atoms with Crippen molar-refractivity contribution in [2.45, 2.75) is 33.1 Å². The van der Waals surface area contributed by atoms with Gasteiger partial charge in [0.2, 0.25) is 0 Å². The van der Waals surface area contributed by atoms with Gasteiger partial charge in [0.1, 0.15) is 5.83 Å². The van der Waals surface area contributed by atoms with Crippen LogP contribution in [-0.4, -0.2) is 0 Å². The number of halogens is 1. The van der Waals surface area contributed by atoms with Gasteiger partial charge < -0.3 is 0 Å². The Kier molecular flexibility index (Phi) is 5.98. The third kappa shape index (κ3) is 5.22. The predicted molar refractivity (Wildman–Crippen MR) is 92.2 cm³/mol. The summed E-state index contributed by atoms with van der Waals surface area (Å²) in [7, 11) is 0. The van der Waals surface area contributed by atoms with E-state index in [0.717, 1.165) is 29.5 Å².